The number of hydrogen-bond donors (Lipinski definition) is 3. The Hall–Kier alpha value is -5.15. The van der Waals surface area contributed by atoms with Crippen molar-refractivity contribution in [1.29, 1.82) is 0 Å². The van der Waals surface area contributed by atoms with Crippen LogP contribution < -0.4 is 10.8 Å². The van der Waals surface area contributed by atoms with Crippen molar-refractivity contribution in [3.63, 3.8) is 0 Å². The predicted octanol–water partition coefficient (Wildman–Crippen LogP) is 7.11. The number of amides is 2. The van der Waals surface area contributed by atoms with Crippen molar-refractivity contribution in [2.45, 2.75) is 38.6 Å². The summed E-state index contributed by atoms with van der Waals surface area (Å²) < 4.78 is 10.6. The van der Waals surface area contributed by atoms with Crippen LogP contribution in [0.5, 0.6) is 0 Å². The second-order valence-corrected chi connectivity index (χ2v) is 11.4. The van der Waals surface area contributed by atoms with E-state index in [4.69, 9.17) is 19.4 Å². The molecule has 1 atom stereocenters. The number of carbonyl (C=O) groups excluding carboxylic acids is 2. The third kappa shape index (κ3) is 7.05. The number of carbonyl (C=O) groups is 3. The molecule has 3 N–H and O–H groups in total. The number of fused-ring (bicyclic) bond motifs is 6. The van der Waals surface area contributed by atoms with Gasteiger partial charge in [0.15, 0.2) is 0 Å². The number of aliphatic carboxylic acids is 1. The summed E-state index contributed by atoms with van der Waals surface area (Å²) in [5.74, 6) is -1.26. The van der Waals surface area contributed by atoms with Gasteiger partial charge in [-0.05, 0) is 57.3 Å². The number of nitrogens with one attached hydrogen (secondary N) is 2. The summed E-state index contributed by atoms with van der Waals surface area (Å²) in [4.78, 5) is 39.6. The topological polar surface area (TPSA) is 123 Å². The maximum atomic E-state index is 12.0. The Labute approximate surface area is 268 Å². The maximum absolute atomic E-state index is 12.0. The van der Waals surface area contributed by atoms with Gasteiger partial charge in [0, 0.05) is 11.8 Å². The van der Waals surface area contributed by atoms with E-state index in [9.17, 15) is 14.4 Å². The Morgan fingerprint density at radius 2 is 1.02 bits per heavy atom. The van der Waals surface area contributed by atoms with Crippen LogP contribution in [0.25, 0.3) is 22.3 Å². The van der Waals surface area contributed by atoms with E-state index in [1.165, 1.54) is 22.3 Å². The van der Waals surface area contributed by atoms with Crippen molar-refractivity contribution in [2.75, 3.05) is 19.8 Å². The van der Waals surface area contributed by atoms with Crippen LogP contribution in [0.1, 0.15) is 54.9 Å². The molecule has 6 rings (SSSR count). The second kappa shape index (κ2) is 14.8. The fourth-order valence-corrected chi connectivity index (χ4v) is 6.04. The minimum atomic E-state index is -1.07. The summed E-state index contributed by atoms with van der Waals surface area (Å²) in [6, 6.07) is 31.6. The van der Waals surface area contributed by atoms with Gasteiger partial charge in [0.05, 0.1) is 6.61 Å². The lowest BCUT2D eigenvalue weighted by molar-refractivity contribution is -0.140. The van der Waals surface area contributed by atoms with Crippen LogP contribution in [0.3, 0.4) is 0 Å². The van der Waals surface area contributed by atoms with E-state index in [1.807, 2.05) is 60.7 Å². The van der Waals surface area contributed by atoms with E-state index in [1.54, 1.807) is 20.8 Å². The van der Waals surface area contributed by atoms with Gasteiger partial charge < -0.3 is 19.9 Å². The summed E-state index contributed by atoms with van der Waals surface area (Å²) in [6.07, 6.45) is -1.26. The zero-order valence-corrected chi connectivity index (χ0v) is 26.1. The minimum Gasteiger partial charge on any atom is -0.480 e. The van der Waals surface area contributed by atoms with Crippen LogP contribution in [0, 0.1) is 5.92 Å². The average molecular weight is 623 g/mol. The number of hydroxylamine groups is 1. The molecule has 1 unspecified atom stereocenters. The van der Waals surface area contributed by atoms with Crippen LogP contribution in [-0.2, 0) is 19.1 Å². The zero-order valence-electron chi connectivity index (χ0n) is 26.1. The van der Waals surface area contributed by atoms with E-state index >= 15 is 0 Å². The summed E-state index contributed by atoms with van der Waals surface area (Å²) in [7, 11) is 0. The van der Waals surface area contributed by atoms with Gasteiger partial charge >= 0.3 is 18.2 Å². The summed E-state index contributed by atoms with van der Waals surface area (Å²) in [6.45, 7) is 6.15. The van der Waals surface area contributed by atoms with Gasteiger partial charge in [-0.2, -0.15) is 5.48 Å². The first-order chi connectivity index (χ1) is 22.3. The van der Waals surface area contributed by atoms with Crippen LogP contribution in [0.2, 0.25) is 0 Å². The smallest absolute Gasteiger partial charge is 0.431 e. The molecular weight excluding hydrogens is 584 g/mol. The van der Waals surface area contributed by atoms with Crippen LogP contribution >= 0.6 is 0 Å². The quantitative estimate of drug-likeness (QED) is 0.170. The highest BCUT2D eigenvalue weighted by molar-refractivity contribution is 5.81. The van der Waals surface area contributed by atoms with E-state index in [0.29, 0.717) is 13.2 Å². The highest BCUT2D eigenvalue weighted by atomic mass is 16.7. The van der Waals surface area contributed by atoms with Gasteiger partial charge in [0.2, 0.25) is 0 Å². The van der Waals surface area contributed by atoms with E-state index in [2.05, 4.69) is 47.2 Å². The molecule has 0 saturated carbocycles. The Kier molecular flexibility index (Phi) is 10.3. The van der Waals surface area contributed by atoms with Gasteiger partial charge in [-0.25, -0.2) is 14.4 Å². The first kappa shape index (κ1) is 32.2. The molecule has 0 aromatic heterocycles. The van der Waals surface area contributed by atoms with Crippen molar-refractivity contribution in [2.24, 2.45) is 5.92 Å². The number of rotatable bonds is 9. The molecule has 0 fully saturated rings. The molecule has 0 aliphatic heterocycles. The third-order valence-electron chi connectivity index (χ3n) is 8.19. The Balaban J connectivity index is 0.000000184. The molecule has 2 amide bonds. The number of alkyl carbamates (subject to hydrolysis) is 1. The standard InChI is InChI=1S/C20H21NO4.C17H17NO3/c1-12(2)18(19(22)23)21-20(24)25-11-17-15-9-5-3-7-13(15)14-8-4-6-10-16(14)17;1-2-21-18-17(19)20-11-16-14-9-5-3-7-12(14)13-8-4-6-10-15(13)16/h3-10,12,17-18H,11H2,1-2H3,(H,21,24)(H,22,23);3-10,16H,2,11H2,1H3,(H,18,19). The molecule has 2 aliphatic rings. The number of carboxylic acid groups (broad SMARTS) is 1. The first-order valence-electron chi connectivity index (χ1n) is 15.4. The van der Waals surface area contributed by atoms with Crippen LogP contribution in [-0.4, -0.2) is 49.1 Å². The Morgan fingerprint density at radius 3 is 1.37 bits per heavy atom. The van der Waals surface area contributed by atoms with Gasteiger partial charge in [0.25, 0.3) is 0 Å². The summed E-state index contributed by atoms with van der Waals surface area (Å²) >= 11 is 0. The van der Waals surface area contributed by atoms with Gasteiger partial charge in [-0.15, -0.1) is 0 Å². The monoisotopic (exact) mass is 622 g/mol. The number of carboxylic acids is 1. The molecule has 9 heteroatoms. The molecule has 0 radical (unpaired) electrons. The fraction of sp³-hybridized carbons (Fsp3) is 0.270. The normalized spacial score (nSPS) is 13.3. The molecule has 0 saturated heterocycles. The SMILES string of the molecule is CC(C)C(NC(=O)OCC1c2ccccc2-c2ccccc21)C(=O)O.CCONC(=O)OCC1c2ccccc2-c2ccccc21. The maximum Gasteiger partial charge on any atom is 0.431 e. The van der Waals surface area contributed by atoms with E-state index in [0.717, 1.165) is 22.3 Å². The molecule has 9 nitrogen and oxygen atoms in total. The van der Waals surface area contributed by atoms with Crippen LogP contribution in [0.15, 0.2) is 97.1 Å². The lowest BCUT2D eigenvalue weighted by atomic mass is 9.98. The van der Waals surface area contributed by atoms with Crippen molar-refractivity contribution in [1.82, 2.24) is 10.8 Å². The summed E-state index contributed by atoms with van der Waals surface area (Å²) in [5.41, 5.74) is 11.6. The first-order valence-corrected chi connectivity index (χ1v) is 15.4. The Morgan fingerprint density at radius 1 is 0.652 bits per heavy atom. The average Bonchev–Trinajstić information content (AvgIpc) is 3.57. The molecule has 238 valence electrons. The third-order valence-corrected chi connectivity index (χ3v) is 8.19. The lowest BCUT2D eigenvalue weighted by Gasteiger charge is -2.19. The Bertz CT molecular complexity index is 1610. The van der Waals surface area contributed by atoms with Gasteiger partial charge in [0.1, 0.15) is 19.3 Å². The number of hydrogen-bond acceptors (Lipinski definition) is 6. The van der Waals surface area contributed by atoms with E-state index in [-0.39, 0.29) is 24.4 Å². The van der Waals surface area contributed by atoms with Crippen molar-refractivity contribution in [3.8, 4) is 22.3 Å². The van der Waals surface area contributed by atoms with Gasteiger partial charge in [-0.1, -0.05) is 111 Å². The zero-order chi connectivity index (χ0) is 32.6. The molecule has 0 heterocycles. The molecule has 4 aromatic rings. The summed E-state index contributed by atoms with van der Waals surface area (Å²) in [5, 5.41) is 11.6. The largest absolute Gasteiger partial charge is 0.480 e. The number of ether oxygens (including phenoxy) is 2. The molecule has 0 spiro atoms. The molecule has 46 heavy (non-hydrogen) atoms. The van der Waals surface area contributed by atoms with Crippen molar-refractivity contribution < 1.29 is 33.8 Å². The van der Waals surface area contributed by atoms with Crippen molar-refractivity contribution >= 4 is 18.2 Å². The number of benzene rings is 4. The second-order valence-electron chi connectivity index (χ2n) is 11.4. The molecule has 2 aliphatic carbocycles. The molecule has 0 bridgehead atoms. The van der Waals surface area contributed by atoms with E-state index < -0.39 is 24.2 Å². The molecule has 4 aromatic carbocycles. The lowest BCUT2D eigenvalue weighted by Crippen LogP contribution is -2.44. The minimum absolute atomic E-state index is 0.0412. The predicted molar refractivity (Wildman–Crippen MR) is 174 cm³/mol. The highest BCUT2D eigenvalue weighted by Crippen LogP contribution is 2.45. The van der Waals surface area contributed by atoms with Crippen molar-refractivity contribution in [3.05, 3.63) is 119 Å². The molecular formula is C37H38N2O7. The van der Waals surface area contributed by atoms with Crippen LogP contribution in [0.4, 0.5) is 9.59 Å². The highest BCUT2D eigenvalue weighted by Gasteiger charge is 2.31. The fourth-order valence-electron chi connectivity index (χ4n) is 6.04. The van der Waals surface area contributed by atoms with Gasteiger partial charge in [-0.3, -0.25) is 4.84 Å².